The van der Waals surface area contributed by atoms with Gasteiger partial charge in [-0.1, -0.05) is 46.3 Å². The molecule has 1 saturated heterocycles. The molecule has 1 fully saturated rings. The molecule has 6 atom stereocenters. The van der Waals surface area contributed by atoms with Crippen LogP contribution in [0.3, 0.4) is 0 Å². The second-order valence-electron chi connectivity index (χ2n) is 16.0. The molecule has 16 nitrogen and oxygen atoms in total. The number of benzene rings is 4. The molecule has 64 heavy (non-hydrogen) atoms. The second-order valence-corrected chi connectivity index (χ2v) is 16.9. The van der Waals surface area contributed by atoms with Gasteiger partial charge >= 0.3 is 5.97 Å². The number of rotatable bonds is 5. The number of nitrogens with one attached hydrogen (secondary N) is 3. The largest absolute Gasteiger partial charge is 0.497 e. The van der Waals surface area contributed by atoms with Gasteiger partial charge in [0.05, 0.1) is 12.7 Å². The Morgan fingerprint density at radius 2 is 1.22 bits per heavy atom. The van der Waals surface area contributed by atoms with Gasteiger partial charge in [0.1, 0.15) is 47.8 Å². The maximum Gasteiger partial charge on any atom is 0.343 e. The third kappa shape index (κ3) is 10.9. The number of nitrogens with zero attached hydrogens (tertiary/aromatic N) is 3. The summed E-state index contributed by atoms with van der Waals surface area (Å²) in [5.74, 6) is -3.25. The standard InChI is InChI=1S/C47H51BrN6O10/c1-26-41(55)50-27(2)44(58)52(4)36(22-29-8-17-34(62-7)18-9-29)43(57)51-28(3)45(59)54(6)38-23-30-10-19-35(20-11-30)63-40-25-31(24-37(42(56)49-26)53(5)46(38)60)12-21-39(40)64-47(61)32-13-15-33(48)16-14-32/h8-21,25-28,36-38H,22-24H2,1-7H3,(H,49,56)(H,50,55)(H,51,57)/t26-,27+,28+,36+,37+,38+/m1/s1. The van der Waals surface area contributed by atoms with Crippen molar-refractivity contribution in [2.75, 3.05) is 28.3 Å². The van der Waals surface area contributed by atoms with E-state index in [0.29, 0.717) is 33.8 Å². The van der Waals surface area contributed by atoms with E-state index in [9.17, 15) is 33.6 Å². The molecule has 6 bridgehead atoms. The Balaban J connectivity index is 1.39. The highest BCUT2D eigenvalue weighted by Crippen LogP contribution is 2.35. The van der Waals surface area contributed by atoms with Crippen LogP contribution in [0.4, 0.5) is 0 Å². The fourth-order valence-electron chi connectivity index (χ4n) is 7.49. The van der Waals surface area contributed by atoms with Crippen molar-refractivity contribution in [3.05, 3.63) is 118 Å². The monoisotopic (exact) mass is 938 g/mol. The molecular formula is C47H51BrN6O10. The lowest BCUT2D eigenvalue weighted by molar-refractivity contribution is -0.149. The maximum absolute atomic E-state index is 14.8. The van der Waals surface area contributed by atoms with Crippen LogP contribution < -0.4 is 30.2 Å². The third-order valence-corrected chi connectivity index (χ3v) is 12.0. The summed E-state index contributed by atoms with van der Waals surface area (Å²) in [7, 11) is 5.85. The number of carbonyl (C=O) groups is 7. The summed E-state index contributed by atoms with van der Waals surface area (Å²) in [5, 5.41) is 8.12. The van der Waals surface area contributed by atoms with Gasteiger partial charge < -0.3 is 44.9 Å². The van der Waals surface area contributed by atoms with Crippen LogP contribution in [-0.4, -0.2) is 121 Å². The number of hydrogen-bond donors (Lipinski definition) is 3. The van der Waals surface area contributed by atoms with Gasteiger partial charge in [-0.2, -0.15) is 0 Å². The Bertz CT molecular complexity index is 2410. The van der Waals surface area contributed by atoms with E-state index in [1.807, 2.05) is 0 Å². The molecular weight excluding hydrogens is 888 g/mol. The Labute approximate surface area is 379 Å². The summed E-state index contributed by atoms with van der Waals surface area (Å²) in [6, 6.07) is 18.1. The van der Waals surface area contributed by atoms with Crippen molar-refractivity contribution in [2.45, 2.75) is 76.3 Å². The summed E-state index contributed by atoms with van der Waals surface area (Å²) < 4.78 is 18.1. The molecule has 3 N–H and O–H groups in total. The highest BCUT2D eigenvalue weighted by Gasteiger charge is 2.39. The van der Waals surface area contributed by atoms with Gasteiger partial charge in [-0.3, -0.25) is 28.8 Å². The summed E-state index contributed by atoms with van der Waals surface area (Å²) in [4.78, 5) is 102. The van der Waals surface area contributed by atoms with E-state index in [4.69, 9.17) is 14.2 Å². The normalized spacial score (nSPS) is 22.7. The number of esters is 1. The van der Waals surface area contributed by atoms with E-state index in [2.05, 4.69) is 31.9 Å². The van der Waals surface area contributed by atoms with Gasteiger partial charge in [-0.15, -0.1) is 0 Å². The molecule has 6 amide bonds. The van der Waals surface area contributed by atoms with Gasteiger partial charge in [0, 0.05) is 44.9 Å². The molecule has 336 valence electrons. The first-order valence-electron chi connectivity index (χ1n) is 20.7. The zero-order valence-electron chi connectivity index (χ0n) is 36.5. The first-order chi connectivity index (χ1) is 30.4. The molecule has 0 aliphatic carbocycles. The van der Waals surface area contributed by atoms with Gasteiger partial charge in [-0.25, -0.2) is 4.79 Å². The predicted octanol–water partition coefficient (Wildman–Crippen LogP) is 3.82. The van der Waals surface area contributed by atoms with E-state index >= 15 is 0 Å². The van der Waals surface area contributed by atoms with Crippen LogP contribution in [0.5, 0.6) is 23.0 Å². The number of carbonyl (C=O) groups excluding carboxylic acids is 7. The minimum absolute atomic E-state index is 0.00389. The van der Waals surface area contributed by atoms with Crippen LogP contribution in [0, 0.1) is 0 Å². The molecule has 3 aliphatic heterocycles. The van der Waals surface area contributed by atoms with E-state index in [1.54, 1.807) is 84.9 Å². The highest BCUT2D eigenvalue weighted by atomic mass is 79.9. The molecule has 4 aromatic rings. The summed E-state index contributed by atoms with van der Waals surface area (Å²) in [5.41, 5.74) is 2.12. The summed E-state index contributed by atoms with van der Waals surface area (Å²) in [6.45, 7) is 4.39. The minimum Gasteiger partial charge on any atom is -0.497 e. The van der Waals surface area contributed by atoms with Crippen molar-refractivity contribution in [3.8, 4) is 23.0 Å². The van der Waals surface area contributed by atoms with Crippen LogP contribution in [0.25, 0.3) is 0 Å². The predicted molar refractivity (Wildman–Crippen MR) is 239 cm³/mol. The van der Waals surface area contributed by atoms with Gasteiger partial charge in [0.2, 0.25) is 35.4 Å². The molecule has 3 heterocycles. The SMILES string of the molecule is COc1ccc(C[C@H]2C(=O)N[C@@H](C)C(=O)N(C)[C@H]3Cc4ccc(cc4)Oc4cc(ccc4OC(=O)c4ccc(Br)cc4)C[C@@H](C(=O)N[C@H](C)C(=O)N[C@@H](C)C(=O)N2C)N(C)C3=O)cc1. The number of methoxy groups -OCH3 is 1. The lowest BCUT2D eigenvalue weighted by Gasteiger charge is -2.36. The van der Waals surface area contributed by atoms with Crippen molar-refractivity contribution < 1.29 is 47.8 Å². The number of amides is 6. The Kier molecular flexibility index (Phi) is 14.7. The Hall–Kier alpha value is -6.75. The van der Waals surface area contributed by atoms with Gasteiger partial charge in [0.25, 0.3) is 0 Å². The number of likely N-dealkylation sites (N-methyl/N-ethyl adjacent to an activating group) is 3. The van der Waals surface area contributed by atoms with Crippen molar-refractivity contribution in [1.29, 1.82) is 0 Å². The lowest BCUT2D eigenvalue weighted by atomic mass is 9.98. The first-order valence-corrected chi connectivity index (χ1v) is 21.4. The fraction of sp³-hybridized carbons (Fsp3) is 0.340. The summed E-state index contributed by atoms with van der Waals surface area (Å²) in [6.07, 6.45) is -0.0597. The molecule has 4 aromatic carbocycles. The molecule has 0 aromatic heterocycles. The van der Waals surface area contributed by atoms with Crippen molar-refractivity contribution >= 4 is 57.3 Å². The van der Waals surface area contributed by atoms with Crippen LogP contribution >= 0.6 is 15.9 Å². The first kappa shape index (κ1) is 46.7. The number of fused-ring (bicyclic) bond motifs is 2. The fourth-order valence-corrected chi connectivity index (χ4v) is 7.76. The van der Waals surface area contributed by atoms with E-state index in [1.165, 1.54) is 69.8 Å². The van der Waals surface area contributed by atoms with Crippen molar-refractivity contribution in [1.82, 2.24) is 30.7 Å². The second kappa shape index (κ2) is 20.2. The van der Waals surface area contributed by atoms with E-state index < -0.39 is 77.7 Å². The van der Waals surface area contributed by atoms with Crippen molar-refractivity contribution in [3.63, 3.8) is 0 Å². The average molecular weight is 940 g/mol. The third-order valence-electron chi connectivity index (χ3n) is 11.4. The quantitative estimate of drug-likeness (QED) is 0.196. The zero-order valence-corrected chi connectivity index (χ0v) is 38.1. The maximum atomic E-state index is 14.8. The molecule has 3 aliphatic rings. The molecule has 7 rings (SSSR count). The van der Waals surface area contributed by atoms with Gasteiger partial charge in [-0.05, 0) is 98.1 Å². The number of ether oxygens (including phenoxy) is 3. The Morgan fingerprint density at radius 3 is 1.86 bits per heavy atom. The minimum atomic E-state index is -1.26. The Morgan fingerprint density at radius 1 is 0.656 bits per heavy atom. The van der Waals surface area contributed by atoms with Crippen LogP contribution in [0.1, 0.15) is 47.8 Å². The van der Waals surface area contributed by atoms with Gasteiger partial charge in [0.15, 0.2) is 11.5 Å². The molecule has 0 saturated carbocycles. The molecule has 17 heteroatoms. The lowest BCUT2D eigenvalue weighted by Crippen LogP contribution is -2.61. The highest BCUT2D eigenvalue weighted by molar-refractivity contribution is 9.10. The van der Waals surface area contributed by atoms with Crippen LogP contribution in [0.15, 0.2) is 95.5 Å². The van der Waals surface area contributed by atoms with Crippen LogP contribution in [0.2, 0.25) is 0 Å². The van der Waals surface area contributed by atoms with E-state index in [-0.39, 0.29) is 30.8 Å². The van der Waals surface area contributed by atoms with Crippen LogP contribution in [-0.2, 0) is 48.0 Å². The smallest absolute Gasteiger partial charge is 0.343 e. The average Bonchev–Trinajstić information content (AvgIpc) is 3.28. The van der Waals surface area contributed by atoms with E-state index in [0.717, 1.165) is 4.47 Å². The zero-order chi connectivity index (χ0) is 46.4. The molecule has 0 spiro atoms. The van der Waals surface area contributed by atoms with Crippen molar-refractivity contribution in [2.24, 2.45) is 0 Å². The molecule has 0 unspecified atom stereocenters. The topological polar surface area (TPSA) is 193 Å². The number of halogens is 1. The molecule has 0 radical (unpaired) electrons. The summed E-state index contributed by atoms with van der Waals surface area (Å²) >= 11 is 3.37. The number of hydrogen-bond acceptors (Lipinski definition) is 10.